The molecule has 0 aliphatic carbocycles. The average molecular weight is 341 g/mol. The van der Waals surface area contributed by atoms with Gasteiger partial charge in [-0.3, -0.25) is 4.68 Å². The van der Waals surface area contributed by atoms with E-state index in [2.05, 4.69) is 5.10 Å². The number of nitrogens with zero attached hydrogens (tertiary/aromatic N) is 3. The van der Waals surface area contributed by atoms with Crippen molar-refractivity contribution in [3.63, 3.8) is 0 Å². The highest BCUT2D eigenvalue weighted by atomic mass is 32.2. The minimum atomic E-state index is -3.10. The molecule has 0 spiro atoms. The van der Waals surface area contributed by atoms with Gasteiger partial charge in [-0.1, -0.05) is 0 Å². The molecular weight excluding hydrogens is 317 g/mol. The van der Waals surface area contributed by atoms with Gasteiger partial charge in [0.2, 0.25) is 10.0 Å². The maximum absolute atomic E-state index is 11.8. The minimum absolute atomic E-state index is 0.0764. The Kier molecular flexibility index (Phi) is 3.91. The quantitative estimate of drug-likeness (QED) is 0.741. The van der Waals surface area contributed by atoms with Crippen LogP contribution < -0.4 is 5.46 Å². The van der Waals surface area contributed by atoms with E-state index in [9.17, 15) is 8.42 Å². The van der Waals surface area contributed by atoms with Gasteiger partial charge in [0.1, 0.15) is 0 Å². The van der Waals surface area contributed by atoms with E-state index in [-0.39, 0.29) is 23.0 Å². The van der Waals surface area contributed by atoms with Crippen LogP contribution in [0.3, 0.4) is 0 Å². The van der Waals surface area contributed by atoms with Gasteiger partial charge in [0.15, 0.2) is 0 Å². The van der Waals surface area contributed by atoms with Crippen molar-refractivity contribution < 1.29 is 17.7 Å². The van der Waals surface area contributed by atoms with Crippen LogP contribution in [0.2, 0.25) is 0 Å². The smallest absolute Gasteiger partial charge is 0.399 e. The first-order valence-electron chi connectivity index (χ1n) is 7.93. The van der Waals surface area contributed by atoms with E-state index in [1.165, 1.54) is 4.31 Å². The van der Waals surface area contributed by atoms with Gasteiger partial charge in [-0.25, -0.2) is 8.42 Å². The van der Waals surface area contributed by atoms with Crippen LogP contribution in [-0.2, 0) is 19.3 Å². The highest BCUT2D eigenvalue weighted by Crippen LogP contribution is 2.36. The molecule has 2 aliphatic rings. The molecule has 2 fully saturated rings. The first kappa shape index (κ1) is 16.9. The Bertz CT molecular complexity index is 679. The van der Waals surface area contributed by atoms with Crippen LogP contribution in [0, 0.1) is 0 Å². The van der Waals surface area contributed by atoms with Crippen molar-refractivity contribution in [1.29, 1.82) is 0 Å². The van der Waals surface area contributed by atoms with Crippen LogP contribution in [0.5, 0.6) is 0 Å². The normalized spacial score (nSPS) is 24.8. The van der Waals surface area contributed by atoms with E-state index in [0.717, 1.165) is 5.46 Å². The second-order valence-electron chi connectivity index (χ2n) is 7.21. The van der Waals surface area contributed by atoms with Crippen LogP contribution in [0.1, 0.15) is 40.7 Å². The van der Waals surface area contributed by atoms with Crippen molar-refractivity contribution in [3.8, 4) is 0 Å². The lowest BCUT2D eigenvalue weighted by molar-refractivity contribution is 0.00578. The Morgan fingerprint density at radius 3 is 2.35 bits per heavy atom. The maximum atomic E-state index is 11.8. The van der Waals surface area contributed by atoms with Crippen LogP contribution >= 0.6 is 0 Å². The topological polar surface area (TPSA) is 73.7 Å². The maximum Gasteiger partial charge on any atom is 0.498 e. The molecule has 2 aliphatic heterocycles. The number of aromatic nitrogens is 2. The summed E-state index contributed by atoms with van der Waals surface area (Å²) in [6.07, 6.45) is 3.63. The fourth-order valence-electron chi connectivity index (χ4n) is 2.65. The van der Waals surface area contributed by atoms with Crippen molar-refractivity contribution in [1.82, 2.24) is 14.1 Å². The van der Waals surface area contributed by atoms with Crippen molar-refractivity contribution in [3.05, 3.63) is 12.4 Å². The Hall–Kier alpha value is -0.895. The van der Waals surface area contributed by atoms with Gasteiger partial charge in [0.25, 0.3) is 0 Å². The van der Waals surface area contributed by atoms with E-state index < -0.39 is 17.1 Å². The summed E-state index contributed by atoms with van der Waals surface area (Å²) in [5.74, 6) is 0.137. The Morgan fingerprint density at radius 1 is 1.26 bits per heavy atom. The van der Waals surface area contributed by atoms with Crippen molar-refractivity contribution in [2.45, 2.75) is 51.9 Å². The molecular formula is C14H24BN3O4S. The Labute approximate surface area is 138 Å². The lowest BCUT2D eigenvalue weighted by atomic mass is 9.82. The minimum Gasteiger partial charge on any atom is -0.399 e. The molecule has 7 nitrogen and oxygen atoms in total. The number of hydrogen-bond donors (Lipinski definition) is 0. The van der Waals surface area contributed by atoms with E-state index in [1.54, 1.807) is 13.1 Å². The second kappa shape index (κ2) is 5.30. The molecule has 1 aromatic rings. The van der Waals surface area contributed by atoms with Gasteiger partial charge in [-0.05, 0) is 34.6 Å². The first-order valence-corrected chi connectivity index (χ1v) is 9.54. The first-order chi connectivity index (χ1) is 10.6. The molecule has 2 saturated heterocycles. The summed E-state index contributed by atoms with van der Waals surface area (Å²) < 4.78 is 38.9. The summed E-state index contributed by atoms with van der Waals surface area (Å²) in [6.45, 7) is 10.6. The molecule has 0 aromatic carbocycles. The van der Waals surface area contributed by atoms with Gasteiger partial charge >= 0.3 is 7.12 Å². The fourth-order valence-corrected chi connectivity index (χ4v) is 3.81. The lowest BCUT2D eigenvalue weighted by Gasteiger charge is -2.37. The predicted molar refractivity (Wildman–Crippen MR) is 88.0 cm³/mol. The summed E-state index contributed by atoms with van der Waals surface area (Å²) in [6, 6.07) is 0.0764. The van der Waals surface area contributed by atoms with Crippen LogP contribution in [-0.4, -0.2) is 59.7 Å². The average Bonchev–Trinajstić information content (AvgIpc) is 2.91. The van der Waals surface area contributed by atoms with Crippen LogP contribution in [0.25, 0.3) is 0 Å². The zero-order chi connectivity index (χ0) is 17.0. The SMILES string of the molecule is CCS(=O)(=O)N1CC(n2cc(B3OC(C)(C)C(C)(C)O3)cn2)C1. The molecule has 0 unspecified atom stereocenters. The Morgan fingerprint density at radius 2 is 1.83 bits per heavy atom. The summed E-state index contributed by atoms with van der Waals surface area (Å²) >= 11 is 0. The second-order valence-corrected chi connectivity index (χ2v) is 9.47. The fraction of sp³-hybridized carbons (Fsp3) is 0.786. The van der Waals surface area contributed by atoms with Crippen molar-refractivity contribution in [2.75, 3.05) is 18.8 Å². The zero-order valence-corrected chi connectivity index (χ0v) is 15.1. The van der Waals surface area contributed by atoms with E-state index in [4.69, 9.17) is 9.31 Å². The molecule has 128 valence electrons. The largest absolute Gasteiger partial charge is 0.498 e. The standard InChI is InChI=1S/C14H24BN3O4S/c1-6-23(19,20)17-9-12(10-17)18-8-11(7-16-18)15-21-13(2,3)14(4,5)22-15/h7-8,12H,6,9-10H2,1-5H3. The molecule has 3 rings (SSSR count). The van der Waals surface area contributed by atoms with Gasteiger partial charge in [-0.15, -0.1) is 0 Å². The highest BCUT2D eigenvalue weighted by molar-refractivity contribution is 7.89. The number of rotatable bonds is 4. The van der Waals surface area contributed by atoms with Gasteiger partial charge in [0.05, 0.1) is 23.0 Å². The molecule has 9 heteroatoms. The summed E-state index contributed by atoms with van der Waals surface area (Å²) in [5.41, 5.74) is 0.0882. The van der Waals surface area contributed by atoms with E-state index in [1.807, 2.05) is 38.6 Å². The Balaban J connectivity index is 1.67. The third-order valence-corrected chi connectivity index (χ3v) is 6.92. The molecule has 0 atom stereocenters. The highest BCUT2D eigenvalue weighted by Gasteiger charge is 2.52. The molecule has 0 amide bonds. The zero-order valence-electron chi connectivity index (χ0n) is 14.3. The molecule has 3 heterocycles. The van der Waals surface area contributed by atoms with Crippen LogP contribution in [0.4, 0.5) is 0 Å². The van der Waals surface area contributed by atoms with Gasteiger partial charge in [-0.2, -0.15) is 9.40 Å². The number of hydrogen-bond acceptors (Lipinski definition) is 5. The van der Waals surface area contributed by atoms with E-state index >= 15 is 0 Å². The molecule has 23 heavy (non-hydrogen) atoms. The summed E-state index contributed by atoms with van der Waals surface area (Å²) in [5, 5.41) is 4.36. The van der Waals surface area contributed by atoms with Crippen LogP contribution in [0.15, 0.2) is 12.4 Å². The number of sulfonamides is 1. The molecule has 0 radical (unpaired) electrons. The third kappa shape index (κ3) is 2.84. The van der Waals surface area contributed by atoms with Gasteiger partial charge < -0.3 is 9.31 Å². The third-order valence-electron chi connectivity index (χ3n) is 5.11. The molecule has 1 aromatic heterocycles. The molecule has 0 N–H and O–H groups in total. The monoisotopic (exact) mass is 341 g/mol. The summed E-state index contributed by atoms with van der Waals surface area (Å²) in [4.78, 5) is 0. The van der Waals surface area contributed by atoms with Crippen molar-refractivity contribution in [2.24, 2.45) is 0 Å². The predicted octanol–water partition coefficient (Wildman–Crippen LogP) is 0.389. The summed E-state index contributed by atoms with van der Waals surface area (Å²) in [7, 11) is -3.54. The molecule has 0 saturated carbocycles. The van der Waals surface area contributed by atoms with E-state index in [0.29, 0.717) is 13.1 Å². The molecule has 0 bridgehead atoms. The van der Waals surface area contributed by atoms with Gasteiger partial charge in [0, 0.05) is 30.9 Å². The van der Waals surface area contributed by atoms with Crippen molar-refractivity contribution >= 4 is 22.6 Å². The lowest BCUT2D eigenvalue weighted by Crippen LogP contribution is -2.51.